The SMILES string of the molecule is CC1(C)c2ccccc2N(c2ccccc2)c2ccc(-n3c4ccccc4c4ccccc43)cc21. The van der Waals surface area contributed by atoms with E-state index in [1.807, 2.05) is 0 Å². The van der Waals surface area contributed by atoms with E-state index in [2.05, 4.69) is 145 Å². The number of para-hydroxylation sites is 4. The quantitative estimate of drug-likeness (QED) is 0.256. The number of benzene rings is 5. The number of nitrogens with zero attached hydrogens (tertiary/aromatic N) is 2. The molecule has 6 aromatic rings. The van der Waals surface area contributed by atoms with Crippen LogP contribution in [0.3, 0.4) is 0 Å². The third-order valence-corrected chi connectivity index (χ3v) is 7.57. The number of hydrogen-bond acceptors (Lipinski definition) is 1. The standard InChI is InChI=1S/C33H26N2/c1-33(2)27-16-8-11-19-31(27)34(23-12-4-3-5-13-23)32-21-20-24(22-28(32)33)35-29-17-9-6-14-25(29)26-15-7-10-18-30(26)35/h3-22H,1-2H3. The lowest BCUT2D eigenvalue weighted by Gasteiger charge is -2.42. The molecule has 0 amide bonds. The topological polar surface area (TPSA) is 8.17 Å². The van der Waals surface area contributed by atoms with E-state index in [4.69, 9.17) is 0 Å². The van der Waals surface area contributed by atoms with E-state index >= 15 is 0 Å². The Morgan fingerprint density at radius 2 is 1.06 bits per heavy atom. The van der Waals surface area contributed by atoms with E-state index in [-0.39, 0.29) is 5.41 Å². The zero-order chi connectivity index (χ0) is 23.6. The number of fused-ring (bicyclic) bond motifs is 5. The van der Waals surface area contributed by atoms with Crippen molar-refractivity contribution < 1.29 is 0 Å². The van der Waals surface area contributed by atoms with Gasteiger partial charge in [0.05, 0.1) is 22.4 Å². The maximum absolute atomic E-state index is 2.41. The minimum Gasteiger partial charge on any atom is -0.310 e. The van der Waals surface area contributed by atoms with Crippen LogP contribution in [-0.2, 0) is 5.41 Å². The summed E-state index contributed by atoms with van der Waals surface area (Å²) in [5.74, 6) is 0. The molecule has 1 aliphatic heterocycles. The van der Waals surface area contributed by atoms with Crippen LogP contribution in [0.2, 0.25) is 0 Å². The van der Waals surface area contributed by atoms with Crippen molar-refractivity contribution in [2.45, 2.75) is 19.3 Å². The minimum absolute atomic E-state index is 0.133. The normalized spacial score (nSPS) is 14.2. The first-order valence-electron chi connectivity index (χ1n) is 12.2. The number of rotatable bonds is 2. The first-order valence-corrected chi connectivity index (χ1v) is 12.2. The zero-order valence-electron chi connectivity index (χ0n) is 19.9. The molecule has 0 bridgehead atoms. The second-order valence-corrected chi connectivity index (χ2v) is 9.88. The summed E-state index contributed by atoms with van der Waals surface area (Å²) in [4.78, 5) is 2.41. The highest BCUT2D eigenvalue weighted by Crippen LogP contribution is 2.52. The van der Waals surface area contributed by atoms with E-state index in [9.17, 15) is 0 Å². The summed E-state index contributed by atoms with van der Waals surface area (Å²) in [5, 5.41) is 2.58. The summed E-state index contributed by atoms with van der Waals surface area (Å²) in [7, 11) is 0. The molecular formula is C33H26N2. The van der Waals surface area contributed by atoms with Crippen LogP contribution in [0.4, 0.5) is 17.1 Å². The highest BCUT2D eigenvalue weighted by atomic mass is 15.2. The molecule has 7 rings (SSSR count). The van der Waals surface area contributed by atoms with Gasteiger partial charge in [0.25, 0.3) is 0 Å². The molecule has 0 spiro atoms. The van der Waals surface area contributed by atoms with Crippen molar-refractivity contribution in [1.82, 2.24) is 4.57 Å². The molecule has 1 aliphatic rings. The number of hydrogen-bond donors (Lipinski definition) is 0. The van der Waals surface area contributed by atoms with Crippen molar-refractivity contribution in [3.05, 3.63) is 132 Å². The van der Waals surface area contributed by atoms with Crippen LogP contribution in [-0.4, -0.2) is 4.57 Å². The van der Waals surface area contributed by atoms with E-state index < -0.39 is 0 Å². The molecule has 1 aromatic heterocycles. The summed E-state index contributed by atoms with van der Waals surface area (Å²) in [6.07, 6.45) is 0. The van der Waals surface area contributed by atoms with Gasteiger partial charge in [0.2, 0.25) is 0 Å². The molecule has 5 aromatic carbocycles. The fraction of sp³-hybridized carbons (Fsp3) is 0.0909. The maximum atomic E-state index is 2.41. The Balaban J connectivity index is 1.53. The molecule has 2 nitrogen and oxygen atoms in total. The maximum Gasteiger partial charge on any atom is 0.0541 e. The lowest BCUT2D eigenvalue weighted by atomic mass is 9.73. The Kier molecular flexibility index (Phi) is 4.22. The van der Waals surface area contributed by atoms with Crippen LogP contribution in [0.1, 0.15) is 25.0 Å². The second kappa shape index (κ2) is 7.35. The molecule has 0 unspecified atom stereocenters. The first-order chi connectivity index (χ1) is 17.1. The van der Waals surface area contributed by atoms with Crippen molar-refractivity contribution in [2.75, 3.05) is 4.90 Å². The van der Waals surface area contributed by atoms with E-state index in [0.29, 0.717) is 0 Å². The summed E-state index contributed by atoms with van der Waals surface area (Å²) in [6, 6.07) is 43.9. The summed E-state index contributed by atoms with van der Waals surface area (Å²) in [5.41, 5.74) is 9.89. The highest BCUT2D eigenvalue weighted by Gasteiger charge is 2.37. The van der Waals surface area contributed by atoms with E-state index in [0.717, 1.165) is 0 Å². The van der Waals surface area contributed by atoms with Gasteiger partial charge in [0, 0.05) is 27.6 Å². The molecule has 0 aliphatic carbocycles. The van der Waals surface area contributed by atoms with Gasteiger partial charge in [0.1, 0.15) is 0 Å². The fourth-order valence-electron chi connectivity index (χ4n) is 5.89. The van der Waals surface area contributed by atoms with Crippen LogP contribution in [0, 0.1) is 0 Å². The summed E-state index contributed by atoms with van der Waals surface area (Å²) < 4.78 is 2.41. The average Bonchev–Trinajstić information content (AvgIpc) is 3.24. The predicted octanol–water partition coefficient (Wildman–Crippen LogP) is 8.89. The van der Waals surface area contributed by atoms with Crippen molar-refractivity contribution >= 4 is 38.9 Å². The van der Waals surface area contributed by atoms with Gasteiger partial charge < -0.3 is 9.47 Å². The van der Waals surface area contributed by atoms with Gasteiger partial charge in [-0.15, -0.1) is 0 Å². The zero-order valence-corrected chi connectivity index (χ0v) is 19.9. The van der Waals surface area contributed by atoms with Gasteiger partial charge in [-0.05, 0) is 59.7 Å². The van der Waals surface area contributed by atoms with Crippen molar-refractivity contribution in [2.24, 2.45) is 0 Å². The van der Waals surface area contributed by atoms with Gasteiger partial charge >= 0.3 is 0 Å². The smallest absolute Gasteiger partial charge is 0.0541 e. The lowest BCUT2D eigenvalue weighted by Crippen LogP contribution is -2.30. The van der Waals surface area contributed by atoms with Crippen LogP contribution in [0.15, 0.2) is 121 Å². The van der Waals surface area contributed by atoms with Gasteiger partial charge in [-0.25, -0.2) is 0 Å². The van der Waals surface area contributed by atoms with Crippen molar-refractivity contribution in [1.29, 1.82) is 0 Å². The van der Waals surface area contributed by atoms with Gasteiger partial charge in [-0.1, -0.05) is 86.6 Å². The first kappa shape index (κ1) is 20.1. The van der Waals surface area contributed by atoms with Crippen LogP contribution in [0.25, 0.3) is 27.5 Å². The number of anilines is 3. The van der Waals surface area contributed by atoms with E-state index in [1.54, 1.807) is 0 Å². The highest BCUT2D eigenvalue weighted by molar-refractivity contribution is 6.09. The molecule has 0 N–H and O–H groups in total. The fourth-order valence-corrected chi connectivity index (χ4v) is 5.89. The third-order valence-electron chi connectivity index (χ3n) is 7.57. The Hall–Kier alpha value is -4.30. The number of aromatic nitrogens is 1. The Bertz CT molecular complexity index is 1670. The molecule has 2 heterocycles. The third kappa shape index (κ3) is 2.83. The Morgan fingerprint density at radius 1 is 0.486 bits per heavy atom. The van der Waals surface area contributed by atoms with Crippen molar-refractivity contribution in [3.8, 4) is 5.69 Å². The monoisotopic (exact) mass is 450 g/mol. The molecule has 0 atom stereocenters. The molecule has 168 valence electrons. The molecule has 35 heavy (non-hydrogen) atoms. The molecule has 0 saturated heterocycles. The summed E-state index contributed by atoms with van der Waals surface area (Å²) >= 11 is 0. The largest absolute Gasteiger partial charge is 0.310 e. The summed E-state index contributed by atoms with van der Waals surface area (Å²) in [6.45, 7) is 4.70. The Morgan fingerprint density at radius 3 is 1.77 bits per heavy atom. The molecular weight excluding hydrogens is 424 g/mol. The van der Waals surface area contributed by atoms with Gasteiger partial charge in [-0.2, -0.15) is 0 Å². The van der Waals surface area contributed by atoms with Crippen molar-refractivity contribution in [3.63, 3.8) is 0 Å². The minimum atomic E-state index is -0.133. The molecule has 0 radical (unpaired) electrons. The van der Waals surface area contributed by atoms with Gasteiger partial charge in [0.15, 0.2) is 0 Å². The van der Waals surface area contributed by atoms with Crippen LogP contribution < -0.4 is 4.90 Å². The molecule has 0 fully saturated rings. The van der Waals surface area contributed by atoms with Gasteiger partial charge in [-0.3, -0.25) is 0 Å². The van der Waals surface area contributed by atoms with Crippen LogP contribution >= 0.6 is 0 Å². The average molecular weight is 451 g/mol. The lowest BCUT2D eigenvalue weighted by molar-refractivity contribution is 0.631. The van der Waals surface area contributed by atoms with E-state index in [1.165, 1.54) is 55.7 Å². The predicted molar refractivity (Wildman–Crippen MR) is 148 cm³/mol. The Labute approximate surface area is 205 Å². The molecule has 2 heteroatoms. The second-order valence-electron chi connectivity index (χ2n) is 9.88. The van der Waals surface area contributed by atoms with Crippen LogP contribution in [0.5, 0.6) is 0 Å². The molecule has 0 saturated carbocycles.